The second kappa shape index (κ2) is 7.57. The Kier molecular flexibility index (Phi) is 5.25. The van der Waals surface area contributed by atoms with Crippen molar-refractivity contribution in [1.29, 1.82) is 0 Å². The van der Waals surface area contributed by atoms with E-state index in [2.05, 4.69) is 20.8 Å². The molecular formula is C16H19ClN4O2. The highest BCUT2D eigenvalue weighted by Gasteiger charge is 2.20. The van der Waals surface area contributed by atoms with Crippen LogP contribution in [-0.4, -0.2) is 35.7 Å². The van der Waals surface area contributed by atoms with Crippen molar-refractivity contribution in [3.05, 3.63) is 35.2 Å². The summed E-state index contributed by atoms with van der Waals surface area (Å²) in [6.45, 7) is 2.25. The van der Waals surface area contributed by atoms with Crippen LogP contribution in [0.2, 0.25) is 5.02 Å². The molecule has 1 aliphatic heterocycles. The van der Waals surface area contributed by atoms with E-state index in [9.17, 15) is 4.79 Å². The Balaban J connectivity index is 1.50. The number of nitrogens with one attached hydrogen (secondary N) is 2. The van der Waals surface area contributed by atoms with Crippen LogP contribution in [-0.2, 0) is 11.2 Å². The Morgan fingerprint density at radius 2 is 2.39 bits per heavy atom. The van der Waals surface area contributed by atoms with Crippen LogP contribution in [0.1, 0.15) is 18.7 Å². The van der Waals surface area contributed by atoms with Crippen molar-refractivity contribution >= 4 is 17.5 Å². The van der Waals surface area contributed by atoms with Gasteiger partial charge in [0, 0.05) is 30.1 Å². The second-order valence-electron chi connectivity index (χ2n) is 5.61. The third-order valence-corrected chi connectivity index (χ3v) is 4.09. The minimum Gasteiger partial charge on any atom is -0.355 e. The first-order valence-corrected chi connectivity index (χ1v) is 8.17. The number of halogens is 1. The lowest BCUT2D eigenvalue weighted by Crippen LogP contribution is -2.41. The molecular weight excluding hydrogens is 316 g/mol. The molecule has 1 unspecified atom stereocenters. The number of amides is 1. The van der Waals surface area contributed by atoms with Crippen LogP contribution in [0, 0.1) is 5.92 Å². The molecule has 2 heterocycles. The molecule has 2 N–H and O–H groups in total. The van der Waals surface area contributed by atoms with Gasteiger partial charge in [0.05, 0.1) is 5.92 Å². The summed E-state index contributed by atoms with van der Waals surface area (Å²) in [6, 6.07) is 7.29. The fourth-order valence-electron chi connectivity index (χ4n) is 2.61. The van der Waals surface area contributed by atoms with Crippen molar-refractivity contribution in [1.82, 2.24) is 20.8 Å². The summed E-state index contributed by atoms with van der Waals surface area (Å²) in [5.74, 6) is 1.16. The van der Waals surface area contributed by atoms with Crippen LogP contribution in [0.3, 0.4) is 0 Å². The predicted octanol–water partition coefficient (Wildman–Crippen LogP) is 2.05. The van der Waals surface area contributed by atoms with E-state index in [0.717, 1.165) is 31.5 Å². The zero-order valence-corrected chi connectivity index (χ0v) is 13.5. The molecule has 3 rings (SSSR count). The number of piperidine rings is 1. The van der Waals surface area contributed by atoms with Crippen LogP contribution in [0.4, 0.5) is 0 Å². The van der Waals surface area contributed by atoms with Gasteiger partial charge in [0.2, 0.25) is 17.6 Å². The maximum atomic E-state index is 12.0. The van der Waals surface area contributed by atoms with Crippen LogP contribution in [0.25, 0.3) is 11.4 Å². The number of rotatable bonds is 5. The van der Waals surface area contributed by atoms with Gasteiger partial charge in [0.15, 0.2) is 0 Å². The Morgan fingerprint density at radius 1 is 1.48 bits per heavy atom. The fourth-order valence-corrected chi connectivity index (χ4v) is 2.80. The van der Waals surface area contributed by atoms with Gasteiger partial charge < -0.3 is 15.2 Å². The summed E-state index contributed by atoms with van der Waals surface area (Å²) in [5, 5.41) is 10.7. The zero-order valence-electron chi connectivity index (χ0n) is 12.7. The van der Waals surface area contributed by atoms with Crippen LogP contribution >= 0.6 is 11.6 Å². The lowest BCUT2D eigenvalue weighted by Gasteiger charge is -2.21. The van der Waals surface area contributed by atoms with Gasteiger partial charge in [0.1, 0.15) is 0 Å². The molecule has 1 atom stereocenters. The molecule has 7 heteroatoms. The fraction of sp³-hybridized carbons (Fsp3) is 0.438. The number of aromatic nitrogens is 2. The van der Waals surface area contributed by atoms with Gasteiger partial charge >= 0.3 is 0 Å². The molecule has 1 aromatic heterocycles. The monoisotopic (exact) mass is 334 g/mol. The quantitative estimate of drug-likeness (QED) is 0.874. The van der Waals surface area contributed by atoms with Gasteiger partial charge in [0.25, 0.3) is 0 Å². The molecule has 1 aromatic carbocycles. The van der Waals surface area contributed by atoms with E-state index in [1.165, 1.54) is 0 Å². The Hall–Kier alpha value is -1.92. The Labute approximate surface area is 139 Å². The maximum Gasteiger partial charge on any atom is 0.228 e. The van der Waals surface area contributed by atoms with Gasteiger partial charge in [-0.25, -0.2) is 0 Å². The van der Waals surface area contributed by atoms with Crippen LogP contribution in [0.15, 0.2) is 28.8 Å². The minimum atomic E-state index is 0.0634. The summed E-state index contributed by atoms with van der Waals surface area (Å²) in [6.07, 6.45) is 2.50. The van der Waals surface area contributed by atoms with E-state index < -0.39 is 0 Å². The first-order valence-electron chi connectivity index (χ1n) is 7.79. The van der Waals surface area contributed by atoms with Gasteiger partial charge in [-0.05, 0) is 31.5 Å². The highest BCUT2D eigenvalue weighted by atomic mass is 35.5. The summed E-state index contributed by atoms with van der Waals surface area (Å²) < 4.78 is 5.22. The molecule has 1 fully saturated rings. The third-order valence-electron chi connectivity index (χ3n) is 3.86. The van der Waals surface area contributed by atoms with E-state index >= 15 is 0 Å². The molecule has 122 valence electrons. The van der Waals surface area contributed by atoms with Gasteiger partial charge in [-0.15, -0.1) is 0 Å². The van der Waals surface area contributed by atoms with Gasteiger partial charge in [-0.2, -0.15) is 4.98 Å². The lowest BCUT2D eigenvalue weighted by molar-refractivity contribution is -0.125. The SMILES string of the molecule is O=C(NCCc1nc(-c2cccc(Cl)c2)no1)C1CCCNC1. The highest BCUT2D eigenvalue weighted by Crippen LogP contribution is 2.19. The van der Waals surface area contributed by atoms with Gasteiger partial charge in [-0.3, -0.25) is 4.79 Å². The van der Waals surface area contributed by atoms with Crippen molar-refractivity contribution in [3.63, 3.8) is 0 Å². The molecule has 1 aliphatic rings. The lowest BCUT2D eigenvalue weighted by atomic mass is 9.99. The molecule has 0 saturated carbocycles. The molecule has 0 bridgehead atoms. The van der Waals surface area contributed by atoms with Crippen LogP contribution in [0.5, 0.6) is 0 Å². The average molecular weight is 335 g/mol. The third kappa shape index (κ3) is 4.30. The molecule has 0 aliphatic carbocycles. The van der Waals surface area contributed by atoms with Crippen molar-refractivity contribution < 1.29 is 9.32 Å². The molecule has 0 spiro atoms. The number of hydrogen-bond donors (Lipinski definition) is 2. The standard InChI is InChI=1S/C16H19ClN4O2/c17-13-5-1-3-11(9-13)15-20-14(23-21-15)6-8-19-16(22)12-4-2-7-18-10-12/h1,3,5,9,12,18H,2,4,6-8,10H2,(H,19,22). The first kappa shape index (κ1) is 16.0. The normalized spacial score (nSPS) is 17.9. The molecule has 1 amide bonds. The van der Waals surface area contributed by atoms with Crippen molar-refractivity contribution in [2.45, 2.75) is 19.3 Å². The molecule has 2 aromatic rings. The molecule has 1 saturated heterocycles. The number of hydrogen-bond acceptors (Lipinski definition) is 5. The van der Waals surface area contributed by atoms with E-state index in [4.69, 9.17) is 16.1 Å². The molecule has 6 nitrogen and oxygen atoms in total. The van der Waals surface area contributed by atoms with E-state index in [-0.39, 0.29) is 11.8 Å². The van der Waals surface area contributed by atoms with E-state index in [0.29, 0.717) is 29.7 Å². The minimum absolute atomic E-state index is 0.0634. The number of benzene rings is 1. The second-order valence-corrected chi connectivity index (χ2v) is 6.04. The summed E-state index contributed by atoms with van der Waals surface area (Å²) in [4.78, 5) is 16.4. The predicted molar refractivity (Wildman–Crippen MR) is 87.1 cm³/mol. The molecule has 0 radical (unpaired) electrons. The zero-order chi connectivity index (χ0) is 16.1. The van der Waals surface area contributed by atoms with Crippen molar-refractivity contribution in [2.24, 2.45) is 5.92 Å². The largest absolute Gasteiger partial charge is 0.355 e. The highest BCUT2D eigenvalue weighted by molar-refractivity contribution is 6.30. The number of carbonyl (C=O) groups excluding carboxylic acids is 1. The maximum absolute atomic E-state index is 12.0. The summed E-state index contributed by atoms with van der Waals surface area (Å²) in [5.41, 5.74) is 0.810. The van der Waals surface area contributed by atoms with Crippen molar-refractivity contribution in [2.75, 3.05) is 19.6 Å². The Morgan fingerprint density at radius 3 is 3.17 bits per heavy atom. The topological polar surface area (TPSA) is 80.1 Å². The van der Waals surface area contributed by atoms with Crippen molar-refractivity contribution in [3.8, 4) is 11.4 Å². The van der Waals surface area contributed by atoms with Gasteiger partial charge in [-0.1, -0.05) is 28.9 Å². The van der Waals surface area contributed by atoms with Crippen LogP contribution < -0.4 is 10.6 Å². The Bertz CT molecular complexity index is 668. The van der Waals surface area contributed by atoms with E-state index in [1.807, 2.05) is 12.1 Å². The average Bonchev–Trinajstić information content (AvgIpc) is 3.04. The summed E-state index contributed by atoms with van der Waals surface area (Å²) in [7, 11) is 0. The number of nitrogens with zero attached hydrogens (tertiary/aromatic N) is 2. The summed E-state index contributed by atoms with van der Waals surface area (Å²) >= 11 is 5.96. The molecule has 23 heavy (non-hydrogen) atoms. The number of carbonyl (C=O) groups is 1. The smallest absolute Gasteiger partial charge is 0.228 e. The first-order chi connectivity index (χ1) is 11.2. The van der Waals surface area contributed by atoms with E-state index in [1.54, 1.807) is 12.1 Å².